The molecule has 1 aromatic carbocycles. The Hall–Kier alpha value is -2.29. The minimum absolute atomic E-state index is 0.0247. The van der Waals surface area contributed by atoms with E-state index >= 15 is 0 Å². The second-order valence-corrected chi connectivity index (χ2v) is 15.4. The fraction of sp³-hybridized carbons (Fsp3) is 0.682. The standard InChI is InChI=1S/C22H37N3O5Si/c1-21(2,3)29-20(26)24-13-11-16(12-14-24)23-18-15-17(9-10-19(18)25(27)28)30-31(7,8)22(4,5)6/h9-10,15-16,23H,11-14H2,1-8H3. The molecule has 31 heavy (non-hydrogen) atoms. The molecule has 1 heterocycles. The Bertz CT molecular complexity index is 806. The van der Waals surface area contributed by atoms with E-state index in [2.05, 4.69) is 39.2 Å². The third-order valence-corrected chi connectivity index (χ3v) is 10.2. The van der Waals surface area contributed by atoms with Crippen LogP contribution >= 0.6 is 0 Å². The molecule has 0 saturated carbocycles. The molecule has 1 fully saturated rings. The Kier molecular flexibility index (Phi) is 7.30. The predicted molar refractivity (Wildman–Crippen MR) is 125 cm³/mol. The first-order chi connectivity index (χ1) is 14.1. The summed E-state index contributed by atoms with van der Waals surface area (Å²) < 4.78 is 11.8. The highest BCUT2D eigenvalue weighted by Crippen LogP contribution is 2.39. The lowest BCUT2D eigenvalue weighted by Crippen LogP contribution is -2.44. The molecular weight excluding hydrogens is 414 g/mol. The van der Waals surface area contributed by atoms with Gasteiger partial charge in [0.1, 0.15) is 17.0 Å². The highest BCUT2D eigenvalue weighted by atomic mass is 28.4. The number of likely N-dealkylation sites (tertiary alicyclic amines) is 1. The summed E-state index contributed by atoms with van der Waals surface area (Å²) in [5, 5.41) is 14.9. The Morgan fingerprint density at radius 1 is 1.16 bits per heavy atom. The predicted octanol–water partition coefficient (Wildman–Crippen LogP) is 5.79. The molecule has 1 aliphatic heterocycles. The smallest absolute Gasteiger partial charge is 0.410 e. The number of carbonyl (C=O) groups excluding carboxylic acids is 1. The molecule has 1 aliphatic rings. The number of benzene rings is 1. The summed E-state index contributed by atoms with van der Waals surface area (Å²) in [4.78, 5) is 25.1. The number of nitro groups is 1. The van der Waals surface area contributed by atoms with Crippen LogP contribution in [0.4, 0.5) is 16.2 Å². The first-order valence-electron chi connectivity index (χ1n) is 10.8. The van der Waals surface area contributed by atoms with E-state index in [0.29, 0.717) is 37.4 Å². The van der Waals surface area contributed by atoms with E-state index in [1.54, 1.807) is 17.0 Å². The number of nitrogens with zero attached hydrogens (tertiary/aromatic N) is 2. The minimum atomic E-state index is -2.06. The van der Waals surface area contributed by atoms with Crippen LogP contribution in [-0.2, 0) is 4.74 Å². The topological polar surface area (TPSA) is 93.9 Å². The molecule has 2 rings (SSSR count). The van der Waals surface area contributed by atoms with Crippen LogP contribution in [0, 0.1) is 10.1 Å². The average molecular weight is 452 g/mol. The van der Waals surface area contributed by atoms with Crippen molar-refractivity contribution >= 4 is 25.8 Å². The number of carbonyl (C=O) groups is 1. The van der Waals surface area contributed by atoms with Crippen molar-refractivity contribution in [2.45, 2.75) is 84.2 Å². The van der Waals surface area contributed by atoms with Crippen LogP contribution in [0.3, 0.4) is 0 Å². The number of rotatable bonds is 5. The van der Waals surface area contributed by atoms with E-state index in [1.807, 2.05) is 20.8 Å². The summed E-state index contributed by atoms with van der Waals surface area (Å²) >= 11 is 0. The van der Waals surface area contributed by atoms with Gasteiger partial charge in [-0.15, -0.1) is 0 Å². The van der Waals surface area contributed by atoms with Crippen LogP contribution in [0.1, 0.15) is 54.4 Å². The molecule has 0 aliphatic carbocycles. The summed E-state index contributed by atoms with van der Waals surface area (Å²) in [5.74, 6) is 0.644. The van der Waals surface area contributed by atoms with Gasteiger partial charge in [-0.2, -0.15) is 0 Å². The van der Waals surface area contributed by atoms with Gasteiger partial charge in [0.05, 0.1) is 4.92 Å². The van der Waals surface area contributed by atoms with Crippen molar-refractivity contribution in [1.29, 1.82) is 0 Å². The van der Waals surface area contributed by atoms with Gasteiger partial charge in [0, 0.05) is 31.3 Å². The number of piperidine rings is 1. The molecule has 1 saturated heterocycles. The number of anilines is 1. The quantitative estimate of drug-likeness (QED) is 0.346. The molecule has 0 aromatic heterocycles. The number of nitro benzene ring substituents is 1. The SMILES string of the molecule is CC(C)(C)OC(=O)N1CCC(Nc2cc(O[Si](C)(C)C(C)(C)C)ccc2[N+](=O)[O-])CC1. The van der Waals surface area contributed by atoms with Gasteiger partial charge in [-0.3, -0.25) is 10.1 Å². The molecule has 1 N–H and O–H groups in total. The molecular formula is C22H37N3O5Si. The molecule has 0 bridgehead atoms. The van der Waals surface area contributed by atoms with Gasteiger partial charge in [-0.25, -0.2) is 4.79 Å². The van der Waals surface area contributed by atoms with Crippen molar-refractivity contribution in [2.24, 2.45) is 0 Å². The fourth-order valence-electron chi connectivity index (χ4n) is 3.05. The van der Waals surface area contributed by atoms with Crippen LogP contribution in [0.15, 0.2) is 18.2 Å². The number of nitrogens with one attached hydrogen (secondary N) is 1. The van der Waals surface area contributed by atoms with Crippen LogP contribution < -0.4 is 9.74 Å². The summed E-state index contributed by atoms with van der Waals surface area (Å²) in [6.07, 6.45) is 1.05. The Morgan fingerprint density at radius 3 is 2.23 bits per heavy atom. The zero-order valence-corrected chi connectivity index (χ0v) is 21.1. The van der Waals surface area contributed by atoms with E-state index in [1.165, 1.54) is 6.07 Å². The van der Waals surface area contributed by atoms with E-state index in [4.69, 9.17) is 9.16 Å². The lowest BCUT2D eigenvalue weighted by Gasteiger charge is -2.36. The molecule has 9 heteroatoms. The van der Waals surface area contributed by atoms with Gasteiger partial charge in [-0.1, -0.05) is 20.8 Å². The highest BCUT2D eigenvalue weighted by Gasteiger charge is 2.39. The zero-order chi connectivity index (χ0) is 23.6. The highest BCUT2D eigenvalue weighted by molar-refractivity contribution is 6.74. The second-order valence-electron chi connectivity index (χ2n) is 10.7. The van der Waals surface area contributed by atoms with Crippen molar-refractivity contribution in [3.8, 4) is 5.75 Å². The van der Waals surface area contributed by atoms with Gasteiger partial charge in [0.15, 0.2) is 0 Å². The van der Waals surface area contributed by atoms with Crippen molar-refractivity contribution in [1.82, 2.24) is 4.90 Å². The number of hydrogen-bond acceptors (Lipinski definition) is 6. The monoisotopic (exact) mass is 451 g/mol. The van der Waals surface area contributed by atoms with Crippen molar-refractivity contribution in [3.05, 3.63) is 28.3 Å². The molecule has 0 unspecified atom stereocenters. The third-order valence-electron chi connectivity index (χ3n) is 5.85. The van der Waals surface area contributed by atoms with E-state index in [9.17, 15) is 14.9 Å². The lowest BCUT2D eigenvalue weighted by molar-refractivity contribution is -0.384. The Labute approximate surface area is 186 Å². The van der Waals surface area contributed by atoms with E-state index < -0.39 is 13.9 Å². The molecule has 0 radical (unpaired) electrons. The third kappa shape index (κ3) is 6.85. The molecule has 0 spiro atoms. The number of ether oxygens (including phenoxy) is 1. The lowest BCUT2D eigenvalue weighted by atomic mass is 10.0. The molecule has 1 aromatic rings. The molecule has 1 amide bonds. The summed E-state index contributed by atoms with van der Waals surface area (Å²) in [7, 11) is -2.06. The van der Waals surface area contributed by atoms with Gasteiger partial charge in [0.25, 0.3) is 5.69 Å². The zero-order valence-electron chi connectivity index (χ0n) is 20.1. The van der Waals surface area contributed by atoms with Gasteiger partial charge < -0.3 is 19.4 Å². The average Bonchev–Trinajstić information content (AvgIpc) is 2.59. The fourth-order valence-corrected chi connectivity index (χ4v) is 4.08. The molecule has 174 valence electrons. The van der Waals surface area contributed by atoms with Crippen molar-refractivity contribution in [3.63, 3.8) is 0 Å². The maximum absolute atomic E-state index is 12.3. The van der Waals surface area contributed by atoms with Crippen LogP contribution in [-0.4, -0.2) is 49.0 Å². The van der Waals surface area contributed by atoms with Crippen LogP contribution in [0.2, 0.25) is 18.1 Å². The number of amides is 1. The summed E-state index contributed by atoms with van der Waals surface area (Å²) in [6.45, 7) is 17.4. The normalized spacial score (nSPS) is 16.1. The Balaban J connectivity index is 2.10. The van der Waals surface area contributed by atoms with Gasteiger partial charge >= 0.3 is 6.09 Å². The molecule has 8 nitrogen and oxygen atoms in total. The summed E-state index contributed by atoms with van der Waals surface area (Å²) in [5.41, 5.74) is -0.0497. The first-order valence-corrected chi connectivity index (χ1v) is 13.7. The van der Waals surface area contributed by atoms with Gasteiger partial charge in [-0.05, 0) is 57.8 Å². The maximum atomic E-state index is 12.3. The van der Waals surface area contributed by atoms with E-state index in [0.717, 1.165) is 0 Å². The first kappa shape index (κ1) is 25.0. The summed E-state index contributed by atoms with van der Waals surface area (Å²) in [6, 6.07) is 4.94. The van der Waals surface area contributed by atoms with Crippen molar-refractivity contribution < 1.29 is 18.9 Å². The van der Waals surface area contributed by atoms with Crippen molar-refractivity contribution in [2.75, 3.05) is 18.4 Å². The van der Waals surface area contributed by atoms with Gasteiger partial charge in [0.2, 0.25) is 8.32 Å². The van der Waals surface area contributed by atoms with Crippen LogP contribution in [0.25, 0.3) is 0 Å². The van der Waals surface area contributed by atoms with Crippen LogP contribution in [0.5, 0.6) is 5.75 Å². The second kappa shape index (κ2) is 9.06. The minimum Gasteiger partial charge on any atom is -0.543 e. The van der Waals surface area contributed by atoms with E-state index in [-0.39, 0.29) is 27.8 Å². The maximum Gasteiger partial charge on any atom is 0.410 e. The Morgan fingerprint density at radius 2 is 1.74 bits per heavy atom. The molecule has 0 atom stereocenters. The largest absolute Gasteiger partial charge is 0.543 e. The number of hydrogen-bond donors (Lipinski definition) is 1.